The highest BCUT2D eigenvalue weighted by atomic mass is 19.4. The van der Waals surface area contributed by atoms with Crippen molar-refractivity contribution in [3.63, 3.8) is 0 Å². The Morgan fingerprint density at radius 2 is 1.94 bits per heavy atom. The predicted molar refractivity (Wildman–Crippen MR) is 107 cm³/mol. The molecule has 0 saturated heterocycles. The molecule has 2 aromatic carbocycles. The molecule has 0 aliphatic rings. The van der Waals surface area contributed by atoms with Gasteiger partial charge in [-0.2, -0.15) is 4.52 Å². The largest absolute Gasteiger partial charge is 0.573 e. The molecular weight excluding hydrogens is 429 g/mol. The Bertz CT molecular complexity index is 1260. The maximum atomic E-state index is 12.4. The summed E-state index contributed by atoms with van der Waals surface area (Å²) in [7, 11) is 1.48. The number of anilines is 1. The molecule has 0 fully saturated rings. The van der Waals surface area contributed by atoms with Gasteiger partial charge in [-0.1, -0.05) is 12.1 Å². The summed E-state index contributed by atoms with van der Waals surface area (Å²) < 4.78 is 53.2. The van der Waals surface area contributed by atoms with Crippen molar-refractivity contribution in [2.75, 3.05) is 12.4 Å². The summed E-state index contributed by atoms with van der Waals surface area (Å²) in [5.74, 6) is 0.747. The SMILES string of the molecule is COc1cc(NC(=O)Cc2ccc(OC(F)(F)F)cc2)ccc1-c1nn2c(C)ncc2o1. The number of fused-ring (bicyclic) bond motifs is 1. The van der Waals surface area contributed by atoms with E-state index in [1.807, 2.05) is 0 Å². The molecule has 0 spiro atoms. The number of imidazole rings is 1. The molecule has 0 radical (unpaired) electrons. The maximum Gasteiger partial charge on any atom is 0.573 e. The van der Waals surface area contributed by atoms with Crippen molar-refractivity contribution in [3.8, 4) is 23.0 Å². The third-order valence-corrected chi connectivity index (χ3v) is 4.51. The molecular formula is C21H17F3N4O4. The van der Waals surface area contributed by atoms with Gasteiger partial charge in [0, 0.05) is 11.8 Å². The second-order valence-electron chi connectivity index (χ2n) is 6.79. The van der Waals surface area contributed by atoms with Crippen LogP contribution in [0.3, 0.4) is 0 Å². The van der Waals surface area contributed by atoms with E-state index in [-0.39, 0.29) is 18.1 Å². The van der Waals surface area contributed by atoms with Crippen molar-refractivity contribution in [1.29, 1.82) is 0 Å². The number of aryl methyl sites for hydroxylation is 1. The van der Waals surface area contributed by atoms with Gasteiger partial charge in [0.1, 0.15) is 17.3 Å². The molecule has 11 heteroatoms. The Balaban J connectivity index is 1.45. The van der Waals surface area contributed by atoms with Gasteiger partial charge >= 0.3 is 6.36 Å². The van der Waals surface area contributed by atoms with E-state index in [2.05, 4.69) is 20.1 Å². The molecule has 0 aliphatic carbocycles. The van der Waals surface area contributed by atoms with Crippen LogP contribution in [0.5, 0.6) is 11.5 Å². The lowest BCUT2D eigenvalue weighted by molar-refractivity contribution is -0.274. The zero-order chi connectivity index (χ0) is 22.9. The third kappa shape index (κ3) is 4.66. The Labute approximate surface area is 179 Å². The monoisotopic (exact) mass is 446 g/mol. The highest BCUT2D eigenvalue weighted by Gasteiger charge is 2.31. The number of methoxy groups -OCH3 is 1. The average molecular weight is 446 g/mol. The molecule has 8 nitrogen and oxygen atoms in total. The minimum Gasteiger partial charge on any atom is -0.496 e. The van der Waals surface area contributed by atoms with Crippen LogP contribution >= 0.6 is 0 Å². The summed E-state index contributed by atoms with van der Waals surface area (Å²) in [6.07, 6.45) is -3.23. The van der Waals surface area contributed by atoms with Crippen LogP contribution in [0.15, 0.2) is 53.1 Å². The standard InChI is InChI=1S/C21H17F3N4O4/c1-12-25-11-19-28(12)27-20(31-19)16-8-5-14(10-17(16)30-2)26-18(29)9-13-3-6-15(7-4-13)32-21(22,23)24/h3-8,10-11H,9H2,1-2H3,(H,26,29). The summed E-state index contributed by atoms with van der Waals surface area (Å²) >= 11 is 0. The Hall–Kier alpha value is -4.02. The predicted octanol–water partition coefficient (Wildman–Crippen LogP) is 4.39. The Kier molecular flexibility index (Phi) is 5.47. The van der Waals surface area contributed by atoms with E-state index < -0.39 is 6.36 Å². The topological polar surface area (TPSA) is 90.9 Å². The Morgan fingerprint density at radius 1 is 1.19 bits per heavy atom. The number of aromatic nitrogens is 3. The lowest BCUT2D eigenvalue weighted by atomic mass is 10.1. The molecule has 32 heavy (non-hydrogen) atoms. The smallest absolute Gasteiger partial charge is 0.496 e. The van der Waals surface area contributed by atoms with Gasteiger partial charge in [0.15, 0.2) is 0 Å². The van der Waals surface area contributed by atoms with Gasteiger partial charge in [-0.25, -0.2) is 4.98 Å². The molecule has 0 saturated carbocycles. The number of halogens is 3. The van der Waals surface area contributed by atoms with E-state index in [1.165, 1.54) is 19.2 Å². The van der Waals surface area contributed by atoms with Crippen LogP contribution in [0.2, 0.25) is 0 Å². The molecule has 0 atom stereocenters. The van der Waals surface area contributed by atoms with Crippen molar-refractivity contribution in [2.45, 2.75) is 19.7 Å². The number of carbonyl (C=O) groups is 1. The quantitative estimate of drug-likeness (QED) is 0.473. The number of carbonyl (C=O) groups excluding carboxylic acids is 1. The number of benzene rings is 2. The number of rotatable bonds is 6. The Morgan fingerprint density at radius 3 is 2.59 bits per heavy atom. The average Bonchev–Trinajstić information content (AvgIpc) is 3.30. The first-order valence-corrected chi connectivity index (χ1v) is 9.36. The summed E-state index contributed by atoms with van der Waals surface area (Å²) in [5.41, 5.74) is 2.08. The normalized spacial score (nSPS) is 11.5. The molecule has 1 amide bonds. The minimum atomic E-state index is -4.77. The molecule has 0 aliphatic heterocycles. The van der Waals surface area contributed by atoms with Gasteiger partial charge in [-0.3, -0.25) is 4.79 Å². The van der Waals surface area contributed by atoms with E-state index in [9.17, 15) is 18.0 Å². The van der Waals surface area contributed by atoms with E-state index in [0.29, 0.717) is 40.0 Å². The van der Waals surface area contributed by atoms with Gasteiger partial charge in [0.2, 0.25) is 17.5 Å². The van der Waals surface area contributed by atoms with Crippen LogP contribution in [0.4, 0.5) is 18.9 Å². The fourth-order valence-corrected chi connectivity index (χ4v) is 3.07. The number of hydrogen-bond acceptors (Lipinski definition) is 6. The van der Waals surface area contributed by atoms with Crippen LogP contribution in [0.1, 0.15) is 11.4 Å². The van der Waals surface area contributed by atoms with Crippen molar-refractivity contribution in [1.82, 2.24) is 14.6 Å². The number of hydrogen-bond donors (Lipinski definition) is 1. The molecule has 1 N–H and O–H groups in total. The number of alkyl halides is 3. The van der Waals surface area contributed by atoms with Crippen LogP contribution in [-0.4, -0.2) is 34.0 Å². The fourth-order valence-electron chi connectivity index (χ4n) is 3.07. The summed E-state index contributed by atoms with van der Waals surface area (Å²) in [6, 6.07) is 10.1. The molecule has 4 rings (SSSR count). The molecule has 0 bridgehead atoms. The van der Waals surface area contributed by atoms with Crippen molar-refractivity contribution >= 4 is 17.3 Å². The zero-order valence-corrected chi connectivity index (χ0v) is 16.9. The van der Waals surface area contributed by atoms with Crippen molar-refractivity contribution in [2.24, 2.45) is 0 Å². The van der Waals surface area contributed by atoms with Crippen LogP contribution in [-0.2, 0) is 11.2 Å². The summed E-state index contributed by atoms with van der Waals surface area (Å²) in [4.78, 5) is 16.5. The number of nitrogens with zero attached hydrogens (tertiary/aromatic N) is 3. The van der Waals surface area contributed by atoms with Gasteiger partial charge in [-0.05, 0) is 36.8 Å². The summed E-state index contributed by atoms with van der Waals surface area (Å²) in [5, 5.41) is 7.10. The number of amides is 1. The molecule has 4 aromatic rings. The highest BCUT2D eigenvalue weighted by Crippen LogP contribution is 2.32. The van der Waals surface area contributed by atoms with E-state index in [0.717, 1.165) is 12.1 Å². The summed E-state index contributed by atoms with van der Waals surface area (Å²) in [6.45, 7) is 1.80. The lowest BCUT2D eigenvalue weighted by Crippen LogP contribution is -2.17. The highest BCUT2D eigenvalue weighted by molar-refractivity contribution is 5.93. The van der Waals surface area contributed by atoms with Crippen molar-refractivity contribution < 1.29 is 31.9 Å². The zero-order valence-electron chi connectivity index (χ0n) is 16.9. The second kappa shape index (κ2) is 8.25. The molecule has 2 heterocycles. The van der Waals surface area contributed by atoms with Gasteiger partial charge in [0.25, 0.3) is 0 Å². The maximum absolute atomic E-state index is 12.4. The number of ether oxygens (including phenoxy) is 2. The van der Waals surface area contributed by atoms with E-state index in [1.54, 1.807) is 35.8 Å². The minimum absolute atomic E-state index is 0.0338. The second-order valence-corrected chi connectivity index (χ2v) is 6.79. The fraction of sp³-hybridized carbons (Fsp3) is 0.190. The number of nitrogens with one attached hydrogen (secondary N) is 1. The van der Waals surface area contributed by atoms with Crippen LogP contribution < -0.4 is 14.8 Å². The molecule has 166 valence electrons. The van der Waals surface area contributed by atoms with Crippen LogP contribution in [0, 0.1) is 6.92 Å². The van der Waals surface area contributed by atoms with Gasteiger partial charge in [0.05, 0.1) is 25.3 Å². The first kappa shape index (κ1) is 21.2. The molecule has 0 unspecified atom stereocenters. The lowest BCUT2D eigenvalue weighted by Gasteiger charge is -2.11. The van der Waals surface area contributed by atoms with Crippen LogP contribution in [0.25, 0.3) is 17.2 Å². The van der Waals surface area contributed by atoms with Gasteiger partial charge < -0.3 is 19.2 Å². The van der Waals surface area contributed by atoms with E-state index >= 15 is 0 Å². The first-order valence-electron chi connectivity index (χ1n) is 9.36. The van der Waals surface area contributed by atoms with E-state index in [4.69, 9.17) is 9.15 Å². The molecule has 2 aromatic heterocycles. The first-order chi connectivity index (χ1) is 15.2. The third-order valence-electron chi connectivity index (χ3n) is 4.51. The van der Waals surface area contributed by atoms with Crippen molar-refractivity contribution in [3.05, 3.63) is 60.0 Å². The van der Waals surface area contributed by atoms with Gasteiger partial charge in [-0.15, -0.1) is 18.3 Å².